The van der Waals surface area contributed by atoms with Crippen LogP contribution in [0.4, 0.5) is 0 Å². The minimum absolute atomic E-state index is 0.0469. The number of aliphatic hydroxyl groups excluding tert-OH is 2. The van der Waals surface area contributed by atoms with Crippen LogP contribution in [0.3, 0.4) is 0 Å². The van der Waals surface area contributed by atoms with E-state index in [9.17, 15) is 15.0 Å². The highest BCUT2D eigenvalue weighted by molar-refractivity contribution is 5.77. The summed E-state index contributed by atoms with van der Waals surface area (Å²) in [4.78, 5) is 16.6. The van der Waals surface area contributed by atoms with E-state index in [0.29, 0.717) is 36.6 Å². The van der Waals surface area contributed by atoms with Crippen molar-refractivity contribution in [1.29, 1.82) is 0 Å². The molecule has 112 valence electrons. The van der Waals surface area contributed by atoms with Crippen LogP contribution >= 0.6 is 0 Å². The van der Waals surface area contributed by atoms with E-state index < -0.39 is 12.2 Å². The van der Waals surface area contributed by atoms with Gasteiger partial charge >= 0.3 is 0 Å². The van der Waals surface area contributed by atoms with Gasteiger partial charge < -0.3 is 15.1 Å². The zero-order valence-corrected chi connectivity index (χ0v) is 11.8. The lowest BCUT2D eigenvalue weighted by Gasteiger charge is -2.58. The first kappa shape index (κ1) is 13.0. The summed E-state index contributed by atoms with van der Waals surface area (Å²) in [5.74, 6) is 1.20. The van der Waals surface area contributed by atoms with E-state index in [1.54, 1.807) is 0 Å². The van der Waals surface area contributed by atoms with Gasteiger partial charge in [-0.15, -0.1) is 0 Å². The SMILES string of the molecule is O=C1CCC[C@@H]2[C@H]3C[C@@H](CN12)[C@@H]1[C@H](O)[C@@H](O)CCN1C3. The Labute approximate surface area is 119 Å². The fourth-order valence-electron chi connectivity index (χ4n) is 5.14. The summed E-state index contributed by atoms with van der Waals surface area (Å²) < 4.78 is 0. The summed E-state index contributed by atoms with van der Waals surface area (Å²) in [6.07, 6.45) is 3.41. The van der Waals surface area contributed by atoms with E-state index in [0.717, 1.165) is 38.9 Å². The van der Waals surface area contributed by atoms with Gasteiger partial charge in [0.25, 0.3) is 0 Å². The number of hydrogen-bond acceptors (Lipinski definition) is 4. The van der Waals surface area contributed by atoms with Gasteiger partial charge in [0.1, 0.15) is 0 Å². The Bertz CT molecular complexity index is 416. The Balaban J connectivity index is 1.61. The van der Waals surface area contributed by atoms with Crippen molar-refractivity contribution in [3.63, 3.8) is 0 Å². The van der Waals surface area contributed by atoms with E-state index in [1.807, 2.05) is 0 Å². The van der Waals surface area contributed by atoms with Crippen LogP contribution in [0.5, 0.6) is 0 Å². The molecule has 1 amide bonds. The van der Waals surface area contributed by atoms with E-state index >= 15 is 0 Å². The molecule has 0 radical (unpaired) electrons. The number of hydrogen-bond donors (Lipinski definition) is 2. The second-order valence-electron chi connectivity index (χ2n) is 7.09. The molecule has 0 unspecified atom stereocenters. The molecular weight excluding hydrogens is 256 g/mol. The molecule has 2 N–H and O–H groups in total. The van der Waals surface area contributed by atoms with Crippen LogP contribution in [0.25, 0.3) is 0 Å². The third-order valence-corrected chi connectivity index (χ3v) is 6.02. The first-order valence-electron chi connectivity index (χ1n) is 8.05. The number of carbonyl (C=O) groups excluding carboxylic acids is 1. The lowest BCUT2D eigenvalue weighted by Crippen LogP contribution is -2.69. The molecule has 4 fully saturated rings. The molecule has 4 rings (SSSR count). The molecule has 20 heavy (non-hydrogen) atoms. The zero-order chi connectivity index (χ0) is 13.9. The van der Waals surface area contributed by atoms with Crippen LogP contribution in [0, 0.1) is 11.8 Å². The van der Waals surface area contributed by atoms with Gasteiger partial charge in [-0.1, -0.05) is 0 Å². The summed E-state index contributed by atoms with van der Waals surface area (Å²) >= 11 is 0. The van der Waals surface area contributed by atoms with Crippen molar-refractivity contribution in [3.8, 4) is 0 Å². The van der Waals surface area contributed by atoms with Crippen LogP contribution in [-0.2, 0) is 4.79 Å². The van der Waals surface area contributed by atoms with Crippen LogP contribution in [0.2, 0.25) is 0 Å². The highest BCUT2D eigenvalue weighted by Gasteiger charge is 2.51. The molecule has 0 aromatic carbocycles. The molecular formula is C15H24N2O3. The van der Waals surface area contributed by atoms with Crippen LogP contribution < -0.4 is 0 Å². The molecule has 4 aliphatic rings. The van der Waals surface area contributed by atoms with Gasteiger partial charge in [0.15, 0.2) is 0 Å². The van der Waals surface area contributed by atoms with Crippen molar-refractivity contribution in [1.82, 2.24) is 9.80 Å². The third-order valence-electron chi connectivity index (χ3n) is 6.02. The Morgan fingerprint density at radius 3 is 2.80 bits per heavy atom. The normalized spacial score (nSPS) is 48.7. The van der Waals surface area contributed by atoms with Crippen molar-refractivity contribution < 1.29 is 15.0 Å². The van der Waals surface area contributed by atoms with Crippen molar-refractivity contribution in [2.24, 2.45) is 11.8 Å². The number of nitrogens with zero attached hydrogens (tertiary/aromatic N) is 2. The van der Waals surface area contributed by atoms with Crippen LogP contribution in [-0.4, -0.2) is 69.8 Å². The molecule has 0 aliphatic carbocycles. The fourth-order valence-corrected chi connectivity index (χ4v) is 5.14. The Hall–Kier alpha value is -0.650. The number of rotatable bonds is 0. The maximum Gasteiger partial charge on any atom is 0.222 e. The van der Waals surface area contributed by atoms with E-state index in [1.165, 1.54) is 0 Å². The average Bonchev–Trinajstić information content (AvgIpc) is 2.44. The quantitative estimate of drug-likeness (QED) is 0.646. The summed E-state index contributed by atoms with van der Waals surface area (Å²) in [6, 6.07) is 0.475. The number of aliphatic hydroxyl groups is 2. The largest absolute Gasteiger partial charge is 0.390 e. The van der Waals surface area contributed by atoms with Gasteiger partial charge in [-0.05, 0) is 37.5 Å². The van der Waals surface area contributed by atoms with Gasteiger partial charge in [-0.25, -0.2) is 0 Å². The van der Waals surface area contributed by atoms with Crippen molar-refractivity contribution in [3.05, 3.63) is 0 Å². The monoisotopic (exact) mass is 280 g/mol. The zero-order valence-electron chi connectivity index (χ0n) is 11.8. The van der Waals surface area contributed by atoms with Gasteiger partial charge in [0, 0.05) is 38.1 Å². The molecule has 4 aliphatic heterocycles. The minimum Gasteiger partial charge on any atom is -0.390 e. The lowest BCUT2D eigenvalue weighted by molar-refractivity contribution is -0.163. The van der Waals surface area contributed by atoms with Gasteiger partial charge in [0.2, 0.25) is 5.91 Å². The predicted octanol–water partition coefficient (Wildman–Crippen LogP) is -0.187. The maximum absolute atomic E-state index is 12.2. The Kier molecular flexibility index (Phi) is 3.05. The molecule has 5 nitrogen and oxygen atoms in total. The lowest BCUT2D eigenvalue weighted by atomic mass is 9.70. The first-order chi connectivity index (χ1) is 9.65. The Morgan fingerprint density at radius 1 is 1.10 bits per heavy atom. The second kappa shape index (κ2) is 4.68. The predicted molar refractivity (Wildman–Crippen MR) is 72.9 cm³/mol. The van der Waals surface area contributed by atoms with Crippen molar-refractivity contribution in [2.75, 3.05) is 19.6 Å². The number of amides is 1. The van der Waals surface area contributed by atoms with Crippen LogP contribution in [0.1, 0.15) is 32.1 Å². The van der Waals surface area contributed by atoms with E-state index in [4.69, 9.17) is 0 Å². The van der Waals surface area contributed by atoms with Gasteiger partial charge in [-0.2, -0.15) is 0 Å². The fraction of sp³-hybridized carbons (Fsp3) is 0.933. The summed E-state index contributed by atoms with van der Waals surface area (Å²) in [5.41, 5.74) is 0. The number of piperidine rings is 4. The van der Waals surface area contributed by atoms with Gasteiger partial charge in [-0.3, -0.25) is 9.69 Å². The summed E-state index contributed by atoms with van der Waals surface area (Å²) in [6.45, 7) is 2.65. The number of carbonyl (C=O) groups is 1. The van der Waals surface area contributed by atoms with E-state index in [-0.39, 0.29) is 6.04 Å². The van der Waals surface area contributed by atoms with Crippen molar-refractivity contribution >= 4 is 5.91 Å². The number of fused-ring (bicyclic) bond motifs is 6. The first-order valence-corrected chi connectivity index (χ1v) is 8.05. The third kappa shape index (κ3) is 1.83. The maximum atomic E-state index is 12.2. The molecule has 4 saturated heterocycles. The molecule has 4 heterocycles. The summed E-state index contributed by atoms with van der Waals surface area (Å²) in [5, 5.41) is 20.3. The average molecular weight is 280 g/mol. The second-order valence-corrected chi connectivity index (χ2v) is 7.09. The molecule has 0 aromatic heterocycles. The molecule has 0 spiro atoms. The molecule has 0 saturated carbocycles. The smallest absolute Gasteiger partial charge is 0.222 e. The van der Waals surface area contributed by atoms with E-state index in [2.05, 4.69) is 9.80 Å². The molecule has 5 heteroatoms. The highest BCUT2D eigenvalue weighted by atomic mass is 16.3. The van der Waals surface area contributed by atoms with Gasteiger partial charge in [0.05, 0.1) is 12.2 Å². The van der Waals surface area contributed by atoms with Crippen LogP contribution in [0.15, 0.2) is 0 Å². The highest BCUT2D eigenvalue weighted by Crippen LogP contribution is 2.43. The van der Waals surface area contributed by atoms with Crippen molar-refractivity contribution in [2.45, 2.75) is 56.4 Å². The minimum atomic E-state index is -0.647. The Morgan fingerprint density at radius 2 is 1.95 bits per heavy atom. The summed E-state index contributed by atoms with van der Waals surface area (Å²) in [7, 11) is 0. The molecule has 2 bridgehead atoms. The molecule has 6 atom stereocenters. The molecule has 0 aromatic rings. The topological polar surface area (TPSA) is 64.0 Å². The standard InChI is InChI=1S/C15H24N2O3/c18-12-4-5-16-7-9-6-10(14(16)15(12)20)8-17-11(9)2-1-3-13(17)19/h9-12,14-15,18,20H,1-8H2/t9-,10-,11+,12-,14+,15+/m0/s1.